The van der Waals surface area contributed by atoms with Crippen molar-refractivity contribution in [2.45, 2.75) is 0 Å². The van der Waals surface area contributed by atoms with Gasteiger partial charge in [-0.15, -0.1) is 0 Å². The molecule has 0 radical (unpaired) electrons. The molecule has 2 aromatic rings. The lowest BCUT2D eigenvalue weighted by Crippen LogP contribution is -2.25. The minimum absolute atomic E-state index is 0.0694. The van der Waals surface area contributed by atoms with Gasteiger partial charge in [0.05, 0.1) is 25.5 Å². The Kier molecular flexibility index (Phi) is 4.24. The summed E-state index contributed by atoms with van der Waals surface area (Å²) in [5.41, 5.74) is 0.858. The Morgan fingerprint density at radius 3 is 2.62 bits per heavy atom. The van der Waals surface area contributed by atoms with E-state index in [1.54, 1.807) is 30.3 Å². The minimum atomic E-state index is -0.546. The SMILES string of the molecule is COc1ccc(C(=O)Oc2ccc3c(c2)OCC(=O)N3)cc1OC. The molecule has 0 fully saturated rings. The summed E-state index contributed by atoms with van der Waals surface area (Å²) in [5.74, 6) is 0.945. The monoisotopic (exact) mass is 329 g/mol. The molecule has 0 saturated heterocycles. The Balaban J connectivity index is 1.79. The predicted molar refractivity (Wildman–Crippen MR) is 85.1 cm³/mol. The van der Waals surface area contributed by atoms with Gasteiger partial charge in [0.25, 0.3) is 5.91 Å². The van der Waals surface area contributed by atoms with Gasteiger partial charge in [0.15, 0.2) is 18.1 Å². The van der Waals surface area contributed by atoms with E-state index in [0.29, 0.717) is 34.2 Å². The van der Waals surface area contributed by atoms with Crippen molar-refractivity contribution in [2.75, 3.05) is 26.1 Å². The highest BCUT2D eigenvalue weighted by Gasteiger charge is 2.18. The lowest BCUT2D eigenvalue weighted by Gasteiger charge is -2.18. The van der Waals surface area contributed by atoms with E-state index in [4.69, 9.17) is 18.9 Å². The Bertz CT molecular complexity index is 802. The van der Waals surface area contributed by atoms with Crippen molar-refractivity contribution < 1.29 is 28.5 Å². The summed E-state index contributed by atoms with van der Waals surface area (Å²) < 4.78 is 20.9. The number of anilines is 1. The van der Waals surface area contributed by atoms with Crippen LogP contribution in [0, 0.1) is 0 Å². The molecule has 1 heterocycles. The zero-order chi connectivity index (χ0) is 17.1. The number of amides is 1. The highest BCUT2D eigenvalue weighted by molar-refractivity contribution is 5.96. The van der Waals surface area contributed by atoms with Crippen LogP contribution in [0.4, 0.5) is 5.69 Å². The van der Waals surface area contributed by atoms with Crippen LogP contribution in [0.25, 0.3) is 0 Å². The van der Waals surface area contributed by atoms with Gasteiger partial charge in [0, 0.05) is 6.07 Å². The molecular weight excluding hydrogens is 314 g/mol. The average Bonchev–Trinajstić information content (AvgIpc) is 2.61. The number of nitrogens with one attached hydrogen (secondary N) is 1. The van der Waals surface area contributed by atoms with Gasteiger partial charge in [0.1, 0.15) is 11.5 Å². The van der Waals surface area contributed by atoms with Crippen molar-refractivity contribution in [3.63, 3.8) is 0 Å². The van der Waals surface area contributed by atoms with Crippen LogP contribution >= 0.6 is 0 Å². The summed E-state index contributed by atoms with van der Waals surface area (Å²) in [6.45, 7) is -0.0694. The number of carbonyl (C=O) groups excluding carboxylic acids is 2. The van der Waals surface area contributed by atoms with E-state index in [1.165, 1.54) is 20.3 Å². The molecule has 0 aromatic heterocycles. The van der Waals surface area contributed by atoms with E-state index in [9.17, 15) is 9.59 Å². The third-order valence-electron chi connectivity index (χ3n) is 3.42. The van der Waals surface area contributed by atoms with Gasteiger partial charge in [-0.3, -0.25) is 4.79 Å². The van der Waals surface area contributed by atoms with Gasteiger partial charge in [-0.2, -0.15) is 0 Å². The first-order valence-electron chi connectivity index (χ1n) is 7.11. The second-order valence-electron chi connectivity index (χ2n) is 4.95. The fraction of sp³-hybridized carbons (Fsp3) is 0.176. The minimum Gasteiger partial charge on any atom is -0.493 e. The second-order valence-corrected chi connectivity index (χ2v) is 4.95. The first-order valence-corrected chi connectivity index (χ1v) is 7.11. The Hall–Kier alpha value is -3.22. The molecule has 0 unspecified atom stereocenters. The number of esters is 1. The van der Waals surface area contributed by atoms with Crippen LogP contribution < -0.4 is 24.3 Å². The van der Waals surface area contributed by atoms with Crippen molar-refractivity contribution >= 4 is 17.6 Å². The van der Waals surface area contributed by atoms with Crippen molar-refractivity contribution in [1.29, 1.82) is 0 Å². The number of hydrogen-bond acceptors (Lipinski definition) is 6. The average molecular weight is 329 g/mol. The predicted octanol–water partition coefficient (Wildman–Crippen LogP) is 2.25. The molecular formula is C17H15NO6. The number of benzene rings is 2. The molecule has 0 atom stereocenters. The summed E-state index contributed by atoms with van der Waals surface area (Å²) in [7, 11) is 3.00. The molecule has 2 aromatic carbocycles. The molecule has 0 saturated carbocycles. The van der Waals surface area contributed by atoms with Gasteiger partial charge >= 0.3 is 5.97 Å². The first-order chi connectivity index (χ1) is 11.6. The Morgan fingerprint density at radius 1 is 1.08 bits per heavy atom. The molecule has 1 N–H and O–H groups in total. The zero-order valence-corrected chi connectivity index (χ0v) is 13.1. The highest BCUT2D eigenvalue weighted by Crippen LogP contribution is 2.32. The first kappa shape index (κ1) is 15.7. The van der Waals surface area contributed by atoms with Crippen LogP contribution in [-0.2, 0) is 4.79 Å². The largest absolute Gasteiger partial charge is 0.493 e. The zero-order valence-electron chi connectivity index (χ0n) is 13.1. The van der Waals surface area contributed by atoms with E-state index >= 15 is 0 Å². The number of hydrogen-bond donors (Lipinski definition) is 1. The number of rotatable bonds is 4. The topological polar surface area (TPSA) is 83.1 Å². The van der Waals surface area contributed by atoms with Crippen molar-refractivity contribution in [2.24, 2.45) is 0 Å². The van der Waals surface area contributed by atoms with E-state index in [-0.39, 0.29) is 12.5 Å². The number of methoxy groups -OCH3 is 2. The van der Waals surface area contributed by atoms with Crippen LogP contribution in [0.15, 0.2) is 36.4 Å². The fourth-order valence-corrected chi connectivity index (χ4v) is 2.25. The smallest absolute Gasteiger partial charge is 0.343 e. The van der Waals surface area contributed by atoms with Crippen molar-refractivity contribution in [3.05, 3.63) is 42.0 Å². The lowest BCUT2D eigenvalue weighted by molar-refractivity contribution is -0.118. The summed E-state index contributed by atoms with van der Waals surface area (Å²) in [6.07, 6.45) is 0. The van der Waals surface area contributed by atoms with Gasteiger partial charge in [-0.1, -0.05) is 0 Å². The summed E-state index contributed by atoms with van der Waals surface area (Å²) in [6, 6.07) is 9.49. The standard InChI is InChI=1S/C17H15NO6/c1-21-13-6-3-10(7-15(13)22-2)17(20)24-11-4-5-12-14(8-11)23-9-16(19)18-12/h3-8H,9H2,1-2H3,(H,18,19). The number of carbonyl (C=O) groups is 2. The molecule has 0 spiro atoms. The normalized spacial score (nSPS) is 12.5. The van der Waals surface area contributed by atoms with Gasteiger partial charge in [-0.05, 0) is 30.3 Å². The van der Waals surface area contributed by atoms with Crippen LogP contribution in [0.1, 0.15) is 10.4 Å². The van der Waals surface area contributed by atoms with E-state index in [2.05, 4.69) is 5.32 Å². The van der Waals surface area contributed by atoms with E-state index < -0.39 is 5.97 Å². The molecule has 24 heavy (non-hydrogen) atoms. The fourth-order valence-electron chi connectivity index (χ4n) is 2.25. The molecule has 7 heteroatoms. The van der Waals surface area contributed by atoms with Crippen molar-refractivity contribution in [1.82, 2.24) is 0 Å². The molecule has 7 nitrogen and oxygen atoms in total. The van der Waals surface area contributed by atoms with Gasteiger partial charge in [-0.25, -0.2) is 4.79 Å². The van der Waals surface area contributed by atoms with Gasteiger partial charge in [0.2, 0.25) is 0 Å². The number of ether oxygens (including phenoxy) is 4. The quantitative estimate of drug-likeness (QED) is 0.684. The third kappa shape index (κ3) is 3.10. The molecule has 1 aliphatic rings. The van der Waals surface area contributed by atoms with Crippen LogP contribution in [0.3, 0.4) is 0 Å². The third-order valence-corrected chi connectivity index (χ3v) is 3.42. The molecule has 0 bridgehead atoms. The molecule has 3 rings (SSSR count). The second kappa shape index (κ2) is 6.49. The van der Waals surface area contributed by atoms with Gasteiger partial charge < -0.3 is 24.3 Å². The lowest BCUT2D eigenvalue weighted by atomic mass is 10.2. The number of fused-ring (bicyclic) bond motifs is 1. The Morgan fingerprint density at radius 2 is 1.88 bits per heavy atom. The van der Waals surface area contributed by atoms with E-state index in [1.807, 2.05) is 0 Å². The maximum Gasteiger partial charge on any atom is 0.343 e. The summed E-state index contributed by atoms with van der Waals surface area (Å²) in [5, 5.41) is 2.66. The highest BCUT2D eigenvalue weighted by atomic mass is 16.5. The summed E-state index contributed by atoms with van der Waals surface area (Å²) >= 11 is 0. The molecule has 124 valence electrons. The van der Waals surface area contributed by atoms with Crippen LogP contribution in [0.5, 0.6) is 23.0 Å². The maximum absolute atomic E-state index is 12.3. The van der Waals surface area contributed by atoms with Crippen molar-refractivity contribution in [3.8, 4) is 23.0 Å². The van der Waals surface area contributed by atoms with Crippen LogP contribution in [0.2, 0.25) is 0 Å². The molecule has 1 aliphatic heterocycles. The summed E-state index contributed by atoms with van der Waals surface area (Å²) in [4.78, 5) is 23.5. The van der Waals surface area contributed by atoms with E-state index in [0.717, 1.165) is 0 Å². The maximum atomic E-state index is 12.3. The molecule has 1 amide bonds. The van der Waals surface area contributed by atoms with Crippen LogP contribution in [-0.4, -0.2) is 32.7 Å². The molecule has 0 aliphatic carbocycles. The Labute approximate surface area is 138 Å².